The molecule has 0 bridgehead atoms. The normalized spacial score (nSPS) is 24.4. The topological polar surface area (TPSA) is 24.9 Å². The Morgan fingerprint density at radius 2 is 2.29 bits per heavy atom. The van der Waals surface area contributed by atoms with Gasteiger partial charge in [0.1, 0.15) is 5.82 Å². The third-order valence-electron chi connectivity index (χ3n) is 3.37. The van der Waals surface area contributed by atoms with Gasteiger partial charge in [-0.3, -0.25) is 0 Å². The molecular weight excluding hydrogens is 235 g/mol. The van der Waals surface area contributed by atoms with Crippen molar-refractivity contribution in [1.82, 2.24) is 4.98 Å². The number of nitrogens with one attached hydrogen (secondary N) is 1. The van der Waals surface area contributed by atoms with Gasteiger partial charge in [-0.15, -0.1) is 0 Å². The Balaban J connectivity index is 1.81. The van der Waals surface area contributed by atoms with E-state index in [1.807, 2.05) is 0 Å². The van der Waals surface area contributed by atoms with Gasteiger partial charge >= 0.3 is 0 Å². The lowest BCUT2D eigenvalue weighted by molar-refractivity contribution is 0.602. The summed E-state index contributed by atoms with van der Waals surface area (Å²) in [6.07, 6.45) is 3.72. The maximum atomic E-state index is 13.0. The van der Waals surface area contributed by atoms with Crippen molar-refractivity contribution in [1.29, 1.82) is 0 Å². The molecule has 2 atom stereocenters. The van der Waals surface area contributed by atoms with Crippen LogP contribution in [-0.4, -0.2) is 11.0 Å². The van der Waals surface area contributed by atoms with E-state index in [1.54, 1.807) is 17.4 Å². The van der Waals surface area contributed by atoms with Crippen LogP contribution in [0.25, 0.3) is 10.2 Å². The van der Waals surface area contributed by atoms with Crippen molar-refractivity contribution < 1.29 is 4.39 Å². The number of aromatic nitrogens is 1. The van der Waals surface area contributed by atoms with E-state index in [0.717, 1.165) is 21.3 Å². The monoisotopic (exact) mass is 250 g/mol. The first-order valence-corrected chi connectivity index (χ1v) is 6.85. The summed E-state index contributed by atoms with van der Waals surface area (Å²) in [5.74, 6) is 0.586. The highest BCUT2D eigenvalue weighted by Gasteiger charge is 2.21. The molecule has 2 unspecified atom stereocenters. The molecule has 1 aliphatic rings. The molecule has 3 rings (SSSR count). The van der Waals surface area contributed by atoms with Crippen molar-refractivity contribution in [3.05, 3.63) is 24.0 Å². The maximum absolute atomic E-state index is 13.0. The predicted octanol–water partition coefficient (Wildman–Crippen LogP) is 4.04. The minimum absolute atomic E-state index is 0.219. The largest absolute Gasteiger partial charge is 0.359 e. The van der Waals surface area contributed by atoms with Crippen molar-refractivity contribution in [3.8, 4) is 0 Å². The number of anilines is 1. The number of halogens is 1. The van der Waals surface area contributed by atoms with Crippen molar-refractivity contribution >= 4 is 26.7 Å². The SMILES string of the molecule is CC1CCC(Nc2nc3cc(F)ccc3s2)C1. The van der Waals surface area contributed by atoms with E-state index in [-0.39, 0.29) is 5.82 Å². The van der Waals surface area contributed by atoms with Gasteiger partial charge in [-0.05, 0) is 37.3 Å². The highest BCUT2D eigenvalue weighted by molar-refractivity contribution is 7.22. The highest BCUT2D eigenvalue weighted by Crippen LogP contribution is 2.31. The first-order valence-electron chi connectivity index (χ1n) is 6.03. The van der Waals surface area contributed by atoms with Gasteiger partial charge in [0, 0.05) is 12.1 Å². The van der Waals surface area contributed by atoms with E-state index in [9.17, 15) is 4.39 Å². The minimum Gasteiger partial charge on any atom is -0.359 e. The molecule has 1 aromatic carbocycles. The molecule has 2 aromatic rings. The summed E-state index contributed by atoms with van der Waals surface area (Å²) in [7, 11) is 0. The van der Waals surface area contributed by atoms with Crippen LogP contribution in [-0.2, 0) is 0 Å². The van der Waals surface area contributed by atoms with Crippen molar-refractivity contribution in [2.75, 3.05) is 5.32 Å². The zero-order valence-corrected chi connectivity index (χ0v) is 10.6. The number of fused-ring (bicyclic) bond motifs is 1. The lowest BCUT2D eigenvalue weighted by Gasteiger charge is -2.10. The van der Waals surface area contributed by atoms with Gasteiger partial charge in [0.2, 0.25) is 0 Å². The summed E-state index contributed by atoms with van der Waals surface area (Å²) in [4.78, 5) is 4.43. The van der Waals surface area contributed by atoms with Crippen LogP contribution >= 0.6 is 11.3 Å². The number of benzene rings is 1. The second-order valence-electron chi connectivity index (χ2n) is 4.89. The molecule has 2 nitrogen and oxygen atoms in total. The third-order valence-corrected chi connectivity index (χ3v) is 4.34. The molecule has 0 radical (unpaired) electrons. The average molecular weight is 250 g/mol. The lowest BCUT2D eigenvalue weighted by atomic mass is 10.1. The smallest absolute Gasteiger partial charge is 0.184 e. The summed E-state index contributed by atoms with van der Waals surface area (Å²) >= 11 is 1.61. The Kier molecular flexibility index (Phi) is 2.74. The molecule has 1 heterocycles. The minimum atomic E-state index is -0.219. The summed E-state index contributed by atoms with van der Waals surface area (Å²) in [6.45, 7) is 2.29. The molecule has 4 heteroatoms. The molecule has 1 fully saturated rings. The molecule has 1 N–H and O–H groups in total. The Hall–Kier alpha value is -1.16. The van der Waals surface area contributed by atoms with Gasteiger partial charge < -0.3 is 5.32 Å². The summed E-state index contributed by atoms with van der Waals surface area (Å²) < 4.78 is 14.1. The standard InChI is InChI=1S/C13H15FN2S/c1-8-2-4-10(6-8)15-13-16-11-7-9(14)3-5-12(11)17-13/h3,5,7-8,10H,2,4,6H2,1H3,(H,15,16). The number of hydrogen-bond donors (Lipinski definition) is 1. The Bertz CT molecular complexity index is 537. The zero-order chi connectivity index (χ0) is 11.8. The van der Waals surface area contributed by atoms with Crippen LogP contribution in [0.3, 0.4) is 0 Å². The molecule has 17 heavy (non-hydrogen) atoms. The van der Waals surface area contributed by atoms with Crippen LogP contribution < -0.4 is 5.32 Å². The summed E-state index contributed by atoms with van der Waals surface area (Å²) in [5.41, 5.74) is 0.753. The molecule has 1 saturated carbocycles. The number of rotatable bonds is 2. The van der Waals surface area contributed by atoms with Crippen LogP contribution in [0.15, 0.2) is 18.2 Å². The fraction of sp³-hybridized carbons (Fsp3) is 0.462. The van der Waals surface area contributed by atoms with Crippen molar-refractivity contribution in [3.63, 3.8) is 0 Å². The first-order chi connectivity index (χ1) is 8.20. The van der Waals surface area contributed by atoms with Crippen LogP contribution in [0.1, 0.15) is 26.2 Å². The van der Waals surface area contributed by atoms with Crippen molar-refractivity contribution in [2.24, 2.45) is 5.92 Å². The van der Waals surface area contributed by atoms with Gasteiger partial charge in [0.25, 0.3) is 0 Å². The van der Waals surface area contributed by atoms with E-state index < -0.39 is 0 Å². The fourth-order valence-electron chi connectivity index (χ4n) is 2.48. The molecule has 1 aliphatic carbocycles. The van der Waals surface area contributed by atoms with E-state index in [1.165, 1.54) is 31.4 Å². The number of nitrogens with zero attached hydrogens (tertiary/aromatic N) is 1. The Morgan fingerprint density at radius 1 is 1.41 bits per heavy atom. The second kappa shape index (κ2) is 4.26. The molecule has 0 spiro atoms. The Morgan fingerprint density at radius 3 is 3.06 bits per heavy atom. The third kappa shape index (κ3) is 2.27. The molecular formula is C13H15FN2S. The van der Waals surface area contributed by atoms with Crippen LogP contribution in [0, 0.1) is 11.7 Å². The maximum Gasteiger partial charge on any atom is 0.184 e. The number of hydrogen-bond acceptors (Lipinski definition) is 3. The molecule has 1 aromatic heterocycles. The predicted molar refractivity (Wildman–Crippen MR) is 70.0 cm³/mol. The number of thiazole rings is 1. The van der Waals surface area contributed by atoms with Gasteiger partial charge in [-0.2, -0.15) is 0 Å². The summed E-state index contributed by atoms with van der Waals surface area (Å²) in [5, 5.41) is 4.39. The van der Waals surface area contributed by atoms with Gasteiger partial charge in [-0.25, -0.2) is 9.37 Å². The molecule has 0 aliphatic heterocycles. The lowest BCUT2D eigenvalue weighted by Crippen LogP contribution is -2.14. The molecule has 0 amide bonds. The summed E-state index contributed by atoms with van der Waals surface area (Å²) in [6, 6.07) is 5.32. The molecule has 0 saturated heterocycles. The zero-order valence-electron chi connectivity index (χ0n) is 9.74. The van der Waals surface area contributed by atoms with Crippen molar-refractivity contribution in [2.45, 2.75) is 32.2 Å². The second-order valence-corrected chi connectivity index (χ2v) is 5.92. The average Bonchev–Trinajstić information content (AvgIpc) is 2.84. The van der Waals surface area contributed by atoms with Crippen LogP contribution in [0.2, 0.25) is 0 Å². The van der Waals surface area contributed by atoms with E-state index in [2.05, 4.69) is 17.2 Å². The first kappa shape index (κ1) is 11.0. The Labute approximate surface area is 104 Å². The van der Waals surface area contributed by atoms with E-state index in [0.29, 0.717) is 6.04 Å². The van der Waals surface area contributed by atoms with E-state index in [4.69, 9.17) is 0 Å². The fourth-order valence-corrected chi connectivity index (χ4v) is 3.40. The van der Waals surface area contributed by atoms with Gasteiger partial charge in [-0.1, -0.05) is 18.3 Å². The quantitative estimate of drug-likeness (QED) is 0.870. The van der Waals surface area contributed by atoms with Gasteiger partial charge in [0.15, 0.2) is 5.13 Å². The van der Waals surface area contributed by atoms with Crippen LogP contribution in [0.4, 0.5) is 9.52 Å². The molecule has 90 valence electrons. The van der Waals surface area contributed by atoms with E-state index >= 15 is 0 Å². The van der Waals surface area contributed by atoms with Crippen LogP contribution in [0.5, 0.6) is 0 Å². The highest BCUT2D eigenvalue weighted by atomic mass is 32.1. The van der Waals surface area contributed by atoms with Gasteiger partial charge in [0.05, 0.1) is 10.2 Å².